The minimum atomic E-state index is -1.06. The van der Waals surface area contributed by atoms with Crippen molar-refractivity contribution in [3.8, 4) is 0 Å². The lowest BCUT2D eigenvalue weighted by Gasteiger charge is -2.32. The van der Waals surface area contributed by atoms with Gasteiger partial charge in [0.05, 0.1) is 35.0 Å². The first-order valence-corrected chi connectivity index (χ1v) is 14.0. The maximum Gasteiger partial charge on any atom is 0.336 e. The number of esters is 2. The SMILES string of the molecule is CCOC(=O)C1=C(CSSc2ccccc2C(=O)O)N=C(C)C(C(=O)OCC)C1c1cccc([N+](=O)[O-])c1. The van der Waals surface area contributed by atoms with E-state index in [1.54, 1.807) is 45.0 Å². The van der Waals surface area contributed by atoms with Crippen LogP contribution in [-0.4, -0.2) is 52.6 Å². The molecule has 2 unspecified atom stereocenters. The number of non-ortho nitro benzene ring substituents is 1. The Balaban J connectivity index is 2.09. The zero-order valence-corrected chi connectivity index (χ0v) is 22.5. The number of nitro benzene ring substituents is 1. The average molecular weight is 559 g/mol. The minimum absolute atomic E-state index is 0.0674. The molecule has 0 saturated heterocycles. The van der Waals surface area contributed by atoms with Gasteiger partial charge in [-0.05, 0) is 38.5 Å². The van der Waals surface area contributed by atoms with Crippen molar-refractivity contribution in [2.45, 2.75) is 31.6 Å². The number of ether oxygens (including phenoxy) is 2. The Morgan fingerprint density at radius 2 is 1.79 bits per heavy atom. The van der Waals surface area contributed by atoms with Gasteiger partial charge in [0, 0.05) is 34.4 Å². The first-order chi connectivity index (χ1) is 18.2. The van der Waals surface area contributed by atoms with Gasteiger partial charge in [0.15, 0.2) is 0 Å². The molecule has 1 heterocycles. The quantitative estimate of drug-likeness (QED) is 0.167. The smallest absolute Gasteiger partial charge is 0.336 e. The molecule has 1 aliphatic rings. The third-order valence-corrected chi connectivity index (χ3v) is 7.94. The van der Waals surface area contributed by atoms with Crippen LogP contribution in [-0.2, 0) is 19.1 Å². The van der Waals surface area contributed by atoms with E-state index < -0.39 is 34.7 Å². The monoisotopic (exact) mass is 558 g/mol. The number of aromatic carboxylic acids is 1. The van der Waals surface area contributed by atoms with E-state index in [0.717, 1.165) is 0 Å². The summed E-state index contributed by atoms with van der Waals surface area (Å²) in [6.45, 7) is 5.12. The molecule has 0 aliphatic carbocycles. The Kier molecular flexibility index (Phi) is 10.1. The number of hydrogen-bond acceptors (Lipinski definition) is 10. The summed E-state index contributed by atoms with van der Waals surface area (Å²) < 4.78 is 10.6. The lowest BCUT2D eigenvalue weighted by molar-refractivity contribution is -0.384. The second-order valence-electron chi connectivity index (χ2n) is 8.04. The molecule has 0 spiro atoms. The van der Waals surface area contributed by atoms with Crippen LogP contribution in [0.4, 0.5) is 5.69 Å². The lowest BCUT2D eigenvalue weighted by atomic mass is 9.75. The van der Waals surface area contributed by atoms with Gasteiger partial charge in [-0.2, -0.15) is 0 Å². The molecule has 2 aromatic rings. The van der Waals surface area contributed by atoms with E-state index in [1.165, 1.54) is 45.9 Å². The molecule has 38 heavy (non-hydrogen) atoms. The van der Waals surface area contributed by atoms with Gasteiger partial charge in [-0.25, -0.2) is 9.59 Å². The normalized spacial score (nSPS) is 17.0. The van der Waals surface area contributed by atoms with Crippen LogP contribution in [0.25, 0.3) is 0 Å². The van der Waals surface area contributed by atoms with Gasteiger partial charge in [0.1, 0.15) is 5.92 Å². The molecule has 12 heteroatoms. The van der Waals surface area contributed by atoms with Crippen molar-refractivity contribution in [3.05, 3.63) is 81.0 Å². The summed E-state index contributed by atoms with van der Waals surface area (Å²) in [7, 11) is 2.48. The molecule has 200 valence electrons. The van der Waals surface area contributed by atoms with Gasteiger partial charge in [-0.15, -0.1) is 0 Å². The summed E-state index contributed by atoms with van der Waals surface area (Å²) >= 11 is 0. The van der Waals surface area contributed by atoms with Crippen LogP contribution in [0.5, 0.6) is 0 Å². The van der Waals surface area contributed by atoms with E-state index >= 15 is 0 Å². The van der Waals surface area contributed by atoms with Gasteiger partial charge in [-0.3, -0.25) is 19.9 Å². The number of aliphatic imine (C=N–C) groups is 1. The first-order valence-electron chi connectivity index (χ1n) is 11.7. The van der Waals surface area contributed by atoms with Crippen molar-refractivity contribution in [2.75, 3.05) is 19.0 Å². The largest absolute Gasteiger partial charge is 0.478 e. The molecular weight excluding hydrogens is 532 g/mol. The van der Waals surface area contributed by atoms with Gasteiger partial charge in [-0.1, -0.05) is 45.9 Å². The highest BCUT2D eigenvalue weighted by Gasteiger charge is 2.43. The first kappa shape index (κ1) is 28.9. The van der Waals surface area contributed by atoms with Crippen LogP contribution in [0.3, 0.4) is 0 Å². The van der Waals surface area contributed by atoms with Crippen molar-refractivity contribution < 1.29 is 33.9 Å². The van der Waals surface area contributed by atoms with E-state index in [9.17, 15) is 29.6 Å². The van der Waals surface area contributed by atoms with Crippen molar-refractivity contribution in [3.63, 3.8) is 0 Å². The number of carbonyl (C=O) groups excluding carboxylic acids is 2. The summed E-state index contributed by atoms with van der Waals surface area (Å²) in [5.41, 5.74) is 1.16. The van der Waals surface area contributed by atoms with E-state index in [0.29, 0.717) is 21.9 Å². The fourth-order valence-corrected chi connectivity index (χ4v) is 6.31. The highest BCUT2D eigenvalue weighted by atomic mass is 33.1. The van der Waals surface area contributed by atoms with Crippen LogP contribution in [0, 0.1) is 16.0 Å². The number of nitrogens with zero attached hydrogens (tertiary/aromatic N) is 2. The molecule has 1 aliphatic heterocycles. The van der Waals surface area contributed by atoms with Crippen molar-refractivity contribution in [1.29, 1.82) is 0 Å². The predicted molar refractivity (Wildman–Crippen MR) is 144 cm³/mol. The molecular formula is C26H26N2O8S2. The van der Waals surface area contributed by atoms with Crippen molar-refractivity contribution in [1.82, 2.24) is 0 Å². The minimum Gasteiger partial charge on any atom is -0.478 e. The molecule has 0 amide bonds. The van der Waals surface area contributed by atoms with Gasteiger partial charge < -0.3 is 14.6 Å². The van der Waals surface area contributed by atoms with Crippen LogP contribution in [0.15, 0.2) is 69.7 Å². The number of benzene rings is 2. The molecule has 1 N–H and O–H groups in total. The fraction of sp³-hybridized carbons (Fsp3) is 0.308. The fourth-order valence-electron chi connectivity index (χ4n) is 4.09. The standard InChI is InChI=1S/C26H26N2O8S2/c1-4-35-25(31)21-15(3)27-19(14-37-38-20-12-7-6-11-18(20)24(29)30)23(26(32)36-5-2)22(21)16-9-8-10-17(13-16)28(33)34/h6-13,21-22H,4-5,14H2,1-3H3,(H,29,30). The molecule has 0 fully saturated rings. The molecule has 0 saturated carbocycles. The van der Waals surface area contributed by atoms with Gasteiger partial charge in [0.25, 0.3) is 5.69 Å². The van der Waals surface area contributed by atoms with Crippen LogP contribution < -0.4 is 0 Å². The summed E-state index contributed by atoms with van der Waals surface area (Å²) in [5.74, 6) is -4.12. The van der Waals surface area contributed by atoms with Crippen LogP contribution in [0.1, 0.15) is 42.6 Å². The highest BCUT2D eigenvalue weighted by molar-refractivity contribution is 8.76. The third kappa shape index (κ3) is 6.62. The van der Waals surface area contributed by atoms with Crippen molar-refractivity contribution >= 4 is 50.9 Å². The molecule has 3 rings (SSSR count). The molecule has 0 aromatic heterocycles. The third-order valence-electron chi connectivity index (χ3n) is 5.65. The predicted octanol–water partition coefficient (Wildman–Crippen LogP) is 5.29. The summed E-state index contributed by atoms with van der Waals surface area (Å²) in [6, 6.07) is 12.3. The van der Waals surface area contributed by atoms with Crippen molar-refractivity contribution in [2.24, 2.45) is 10.9 Å². The highest BCUT2D eigenvalue weighted by Crippen LogP contribution is 2.43. The second kappa shape index (κ2) is 13.2. The second-order valence-corrected chi connectivity index (χ2v) is 10.4. The Bertz CT molecular complexity index is 1310. The maximum atomic E-state index is 13.3. The Hall–Kier alpha value is -3.64. The van der Waals surface area contributed by atoms with E-state index in [4.69, 9.17) is 9.47 Å². The maximum absolute atomic E-state index is 13.3. The number of carboxylic acids is 1. The van der Waals surface area contributed by atoms with E-state index in [1.807, 2.05) is 0 Å². The van der Waals surface area contributed by atoms with E-state index in [-0.39, 0.29) is 35.8 Å². The number of nitro groups is 1. The molecule has 0 radical (unpaired) electrons. The number of rotatable bonds is 11. The van der Waals surface area contributed by atoms with Crippen LogP contribution in [0.2, 0.25) is 0 Å². The van der Waals surface area contributed by atoms with Gasteiger partial charge in [0.2, 0.25) is 0 Å². The number of carboxylic acid groups (broad SMARTS) is 1. The average Bonchev–Trinajstić information content (AvgIpc) is 2.88. The Labute approximate surface area is 227 Å². The topological polar surface area (TPSA) is 145 Å². The number of carbonyl (C=O) groups is 3. The van der Waals surface area contributed by atoms with Crippen LogP contribution >= 0.6 is 21.6 Å². The Morgan fingerprint density at radius 3 is 2.45 bits per heavy atom. The summed E-state index contributed by atoms with van der Waals surface area (Å²) in [5, 5.41) is 21.0. The zero-order valence-electron chi connectivity index (χ0n) is 20.9. The summed E-state index contributed by atoms with van der Waals surface area (Å²) in [4.78, 5) is 54.0. The molecule has 0 bridgehead atoms. The summed E-state index contributed by atoms with van der Waals surface area (Å²) in [6.07, 6.45) is 0. The molecule has 2 aromatic carbocycles. The molecule has 10 nitrogen and oxygen atoms in total. The Morgan fingerprint density at radius 1 is 1.08 bits per heavy atom. The van der Waals surface area contributed by atoms with E-state index in [2.05, 4.69) is 4.99 Å². The zero-order chi connectivity index (χ0) is 27.8. The van der Waals surface area contributed by atoms with Gasteiger partial charge >= 0.3 is 17.9 Å². The lowest BCUT2D eigenvalue weighted by Crippen LogP contribution is -2.37. The number of hydrogen-bond donors (Lipinski definition) is 1. The molecule has 2 atom stereocenters.